The molecule has 2 aromatic heterocycles. The Labute approximate surface area is 117 Å². The highest BCUT2D eigenvalue weighted by Crippen LogP contribution is 2.30. The summed E-state index contributed by atoms with van der Waals surface area (Å²) in [6.07, 6.45) is 0. The van der Waals surface area contributed by atoms with Gasteiger partial charge in [0.2, 0.25) is 0 Å². The van der Waals surface area contributed by atoms with Crippen LogP contribution in [-0.4, -0.2) is 14.7 Å². The van der Waals surface area contributed by atoms with E-state index in [2.05, 4.69) is 10.1 Å². The van der Waals surface area contributed by atoms with Crippen molar-refractivity contribution in [2.45, 2.75) is 24.4 Å². The molecule has 0 atom stereocenters. The van der Waals surface area contributed by atoms with Crippen LogP contribution in [0, 0.1) is 6.92 Å². The molecule has 0 aliphatic heterocycles. The molecule has 104 valence electrons. The smallest absolute Gasteiger partial charge is 0.321 e. The first kappa shape index (κ1) is 13.1. The van der Waals surface area contributed by atoms with Crippen LogP contribution in [0.1, 0.15) is 18.0 Å². The number of hydrogen-bond acceptors (Lipinski definition) is 4. The van der Waals surface area contributed by atoms with E-state index in [0.717, 1.165) is 10.3 Å². The third-order valence-corrected chi connectivity index (χ3v) is 3.75. The van der Waals surface area contributed by atoms with E-state index < -0.39 is 6.55 Å². The van der Waals surface area contributed by atoms with E-state index in [9.17, 15) is 8.78 Å². The zero-order valence-corrected chi connectivity index (χ0v) is 11.4. The Morgan fingerprint density at radius 1 is 1.35 bits per heavy atom. The largest absolute Gasteiger partial charge is 0.360 e. The minimum Gasteiger partial charge on any atom is -0.360 e. The Morgan fingerprint density at radius 2 is 2.15 bits per heavy atom. The molecule has 0 saturated heterocycles. The molecule has 0 aliphatic carbocycles. The highest BCUT2D eigenvalue weighted by molar-refractivity contribution is 7.98. The number of aromatic nitrogens is 3. The van der Waals surface area contributed by atoms with Crippen molar-refractivity contribution in [1.82, 2.24) is 14.7 Å². The van der Waals surface area contributed by atoms with Crippen molar-refractivity contribution in [1.29, 1.82) is 0 Å². The summed E-state index contributed by atoms with van der Waals surface area (Å²) < 4.78 is 32.4. The summed E-state index contributed by atoms with van der Waals surface area (Å²) in [5.41, 5.74) is 1.76. The normalized spacial score (nSPS) is 11.6. The van der Waals surface area contributed by atoms with Crippen LogP contribution in [-0.2, 0) is 5.75 Å². The number of para-hydroxylation sites is 2. The lowest BCUT2D eigenvalue weighted by Crippen LogP contribution is -1.99. The number of thioether (sulfide) groups is 1. The van der Waals surface area contributed by atoms with Gasteiger partial charge < -0.3 is 4.52 Å². The Morgan fingerprint density at radius 3 is 2.85 bits per heavy atom. The summed E-state index contributed by atoms with van der Waals surface area (Å²) in [5.74, 6) is 1.05. The summed E-state index contributed by atoms with van der Waals surface area (Å²) in [6, 6.07) is 8.63. The van der Waals surface area contributed by atoms with Crippen LogP contribution in [0.2, 0.25) is 0 Å². The third kappa shape index (κ3) is 2.40. The Bertz CT molecular complexity index is 738. The monoisotopic (exact) mass is 295 g/mol. The number of hydrogen-bond donors (Lipinski definition) is 0. The molecule has 0 fully saturated rings. The quantitative estimate of drug-likeness (QED) is 0.682. The van der Waals surface area contributed by atoms with E-state index in [4.69, 9.17) is 4.52 Å². The molecule has 1 aromatic carbocycles. The fourth-order valence-corrected chi connectivity index (χ4v) is 2.82. The number of alkyl halides is 2. The standard InChI is InChI=1S/C13H11F2N3OS/c1-8-6-9(19-17-8)7-20-13-16-10-4-2-3-5-11(10)18(13)12(14)15/h2-6,12H,7H2,1H3. The first-order valence-electron chi connectivity index (χ1n) is 5.95. The Kier molecular flexibility index (Phi) is 3.43. The number of halogens is 2. The molecule has 2 heterocycles. The van der Waals surface area contributed by atoms with Gasteiger partial charge in [-0.25, -0.2) is 4.98 Å². The lowest BCUT2D eigenvalue weighted by Gasteiger charge is -2.06. The highest BCUT2D eigenvalue weighted by atomic mass is 32.2. The summed E-state index contributed by atoms with van der Waals surface area (Å²) in [6.45, 7) is -0.812. The van der Waals surface area contributed by atoms with Gasteiger partial charge in [0, 0.05) is 6.07 Å². The van der Waals surface area contributed by atoms with Crippen LogP contribution in [0.4, 0.5) is 8.78 Å². The van der Waals surface area contributed by atoms with E-state index in [-0.39, 0.29) is 5.16 Å². The predicted octanol–water partition coefficient (Wildman–Crippen LogP) is 4.02. The van der Waals surface area contributed by atoms with Gasteiger partial charge >= 0.3 is 6.55 Å². The second-order valence-corrected chi connectivity index (χ2v) is 5.20. The molecule has 0 radical (unpaired) electrons. The SMILES string of the molecule is Cc1cc(CSc2nc3ccccc3n2C(F)F)on1. The zero-order chi connectivity index (χ0) is 14.1. The van der Waals surface area contributed by atoms with Gasteiger partial charge in [-0.05, 0) is 19.1 Å². The number of aryl methyl sites for hydroxylation is 1. The topological polar surface area (TPSA) is 43.9 Å². The fourth-order valence-electron chi connectivity index (χ4n) is 1.93. The molecule has 0 aliphatic rings. The van der Waals surface area contributed by atoms with Crippen molar-refractivity contribution in [3.05, 3.63) is 41.8 Å². The molecule has 3 rings (SSSR count). The molecule has 0 spiro atoms. The molecule has 7 heteroatoms. The van der Waals surface area contributed by atoms with Gasteiger partial charge in [0.15, 0.2) is 5.16 Å². The van der Waals surface area contributed by atoms with Gasteiger partial charge in [-0.15, -0.1) is 0 Å². The minimum absolute atomic E-state index is 0.273. The van der Waals surface area contributed by atoms with E-state index in [1.807, 2.05) is 6.92 Å². The van der Waals surface area contributed by atoms with Crippen LogP contribution < -0.4 is 0 Å². The van der Waals surface area contributed by atoms with Crippen molar-refractivity contribution in [2.75, 3.05) is 0 Å². The van der Waals surface area contributed by atoms with Gasteiger partial charge in [0.25, 0.3) is 0 Å². The molecule has 0 bridgehead atoms. The van der Waals surface area contributed by atoms with Gasteiger partial charge in [-0.3, -0.25) is 4.57 Å². The number of imidazole rings is 1. The summed E-state index contributed by atoms with van der Waals surface area (Å²) in [5, 5.41) is 4.04. The van der Waals surface area contributed by atoms with Crippen molar-refractivity contribution in [2.24, 2.45) is 0 Å². The maximum atomic E-state index is 13.2. The number of benzene rings is 1. The zero-order valence-electron chi connectivity index (χ0n) is 10.6. The van der Waals surface area contributed by atoms with E-state index in [1.165, 1.54) is 11.8 Å². The van der Waals surface area contributed by atoms with E-state index >= 15 is 0 Å². The molecule has 3 aromatic rings. The van der Waals surface area contributed by atoms with Crippen molar-refractivity contribution in [3.63, 3.8) is 0 Å². The van der Waals surface area contributed by atoms with E-state index in [0.29, 0.717) is 22.5 Å². The van der Waals surface area contributed by atoms with Gasteiger partial charge in [0.1, 0.15) is 5.76 Å². The van der Waals surface area contributed by atoms with Crippen molar-refractivity contribution in [3.8, 4) is 0 Å². The Hall–Kier alpha value is -1.89. The van der Waals surface area contributed by atoms with Crippen LogP contribution in [0.15, 0.2) is 40.0 Å². The van der Waals surface area contributed by atoms with Gasteiger partial charge in [-0.2, -0.15) is 8.78 Å². The first-order valence-corrected chi connectivity index (χ1v) is 6.94. The summed E-state index contributed by atoms with van der Waals surface area (Å²) in [7, 11) is 0. The van der Waals surface area contributed by atoms with E-state index in [1.54, 1.807) is 30.3 Å². The van der Waals surface area contributed by atoms with Crippen LogP contribution in [0.25, 0.3) is 11.0 Å². The lowest BCUT2D eigenvalue weighted by atomic mass is 10.3. The number of nitrogens with zero attached hydrogens (tertiary/aromatic N) is 3. The van der Waals surface area contributed by atoms with Gasteiger partial charge in [0.05, 0.1) is 22.5 Å². The fraction of sp³-hybridized carbons (Fsp3) is 0.231. The molecule has 0 N–H and O–H groups in total. The van der Waals surface area contributed by atoms with Crippen LogP contribution in [0.3, 0.4) is 0 Å². The molecule has 4 nitrogen and oxygen atoms in total. The highest BCUT2D eigenvalue weighted by Gasteiger charge is 2.18. The van der Waals surface area contributed by atoms with Crippen molar-refractivity contribution >= 4 is 22.8 Å². The minimum atomic E-state index is -2.62. The van der Waals surface area contributed by atoms with Crippen molar-refractivity contribution < 1.29 is 13.3 Å². The predicted molar refractivity (Wildman–Crippen MR) is 71.8 cm³/mol. The summed E-state index contributed by atoms with van der Waals surface area (Å²) >= 11 is 1.21. The van der Waals surface area contributed by atoms with Crippen LogP contribution >= 0.6 is 11.8 Å². The molecular formula is C13H11F2N3OS. The second-order valence-electron chi connectivity index (χ2n) is 4.25. The molecule has 0 unspecified atom stereocenters. The average Bonchev–Trinajstić information content (AvgIpc) is 2.99. The maximum Gasteiger partial charge on any atom is 0.321 e. The molecule has 0 saturated carbocycles. The number of fused-ring (bicyclic) bond motifs is 1. The lowest BCUT2D eigenvalue weighted by molar-refractivity contribution is 0.0656. The first-order chi connectivity index (χ1) is 9.65. The second kappa shape index (κ2) is 5.24. The Balaban J connectivity index is 1.92. The molecule has 0 amide bonds. The maximum absolute atomic E-state index is 13.2. The molecule has 20 heavy (non-hydrogen) atoms. The molecular weight excluding hydrogens is 284 g/mol. The third-order valence-electron chi connectivity index (χ3n) is 2.78. The average molecular weight is 295 g/mol. The van der Waals surface area contributed by atoms with Crippen LogP contribution in [0.5, 0.6) is 0 Å². The number of rotatable bonds is 4. The summed E-state index contributed by atoms with van der Waals surface area (Å²) in [4.78, 5) is 4.24. The van der Waals surface area contributed by atoms with Gasteiger partial charge in [-0.1, -0.05) is 29.1 Å².